The van der Waals surface area contributed by atoms with Crippen LogP contribution in [0, 0.1) is 0 Å². The molecule has 1 amide bonds. The van der Waals surface area contributed by atoms with Crippen LogP contribution in [0.4, 0.5) is 0 Å². The van der Waals surface area contributed by atoms with Gasteiger partial charge in [-0.1, -0.05) is 23.7 Å². The van der Waals surface area contributed by atoms with Gasteiger partial charge in [-0.15, -0.1) is 0 Å². The second-order valence-electron chi connectivity index (χ2n) is 4.87. The van der Waals surface area contributed by atoms with Gasteiger partial charge in [0.2, 0.25) is 5.91 Å². The molecule has 0 saturated heterocycles. The summed E-state index contributed by atoms with van der Waals surface area (Å²) in [6.45, 7) is 3.33. The average molecular weight is 282 g/mol. The molecule has 1 aromatic rings. The van der Waals surface area contributed by atoms with Crippen LogP contribution in [0.15, 0.2) is 24.3 Å². The summed E-state index contributed by atoms with van der Waals surface area (Å²) in [4.78, 5) is 11.7. The topological polar surface area (TPSA) is 38.3 Å². The number of hydrogen-bond donors (Lipinski definition) is 1. The van der Waals surface area contributed by atoms with Crippen LogP contribution < -0.4 is 5.32 Å². The maximum Gasteiger partial charge on any atom is 0.220 e. The predicted octanol–water partition coefficient (Wildman–Crippen LogP) is 3.13. The molecule has 2 unspecified atom stereocenters. The molecule has 1 saturated carbocycles. The number of amides is 1. The van der Waals surface area contributed by atoms with Crippen LogP contribution in [-0.2, 0) is 9.53 Å². The van der Waals surface area contributed by atoms with Gasteiger partial charge >= 0.3 is 0 Å². The van der Waals surface area contributed by atoms with Gasteiger partial charge in [-0.3, -0.25) is 4.79 Å². The molecule has 3 nitrogen and oxygen atoms in total. The smallest absolute Gasteiger partial charge is 0.220 e. The van der Waals surface area contributed by atoms with Crippen LogP contribution in [-0.4, -0.2) is 25.2 Å². The maximum atomic E-state index is 11.7. The first kappa shape index (κ1) is 14.4. The molecular formula is C15H20ClNO2. The summed E-state index contributed by atoms with van der Waals surface area (Å²) in [5, 5.41) is 3.82. The van der Waals surface area contributed by atoms with Crippen molar-refractivity contribution < 1.29 is 9.53 Å². The molecule has 104 valence electrons. The summed E-state index contributed by atoms with van der Waals surface area (Å²) in [5.41, 5.74) is 1.21. The third kappa shape index (κ3) is 4.51. The maximum absolute atomic E-state index is 11.7. The van der Waals surface area contributed by atoms with Crippen LogP contribution in [0.5, 0.6) is 0 Å². The summed E-state index contributed by atoms with van der Waals surface area (Å²) in [7, 11) is 0. The molecule has 1 aliphatic carbocycles. The summed E-state index contributed by atoms with van der Waals surface area (Å²) in [5.74, 6) is 0.545. The largest absolute Gasteiger partial charge is 0.382 e. The molecule has 0 aromatic heterocycles. The first-order valence-corrected chi connectivity index (χ1v) is 7.21. The van der Waals surface area contributed by atoms with E-state index in [4.69, 9.17) is 16.3 Å². The SMILES string of the molecule is CCOCCCC(=O)NC1CC1c1cccc(Cl)c1. The zero-order chi connectivity index (χ0) is 13.7. The summed E-state index contributed by atoms with van der Waals surface area (Å²) < 4.78 is 5.21. The predicted molar refractivity (Wildman–Crippen MR) is 76.5 cm³/mol. The Morgan fingerprint density at radius 2 is 2.37 bits per heavy atom. The van der Waals surface area contributed by atoms with E-state index in [1.54, 1.807) is 0 Å². The Hall–Kier alpha value is -1.06. The van der Waals surface area contributed by atoms with E-state index in [0.717, 1.165) is 17.9 Å². The fourth-order valence-corrected chi connectivity index (χ4v) is 2.42. The number of hydrogen-bond acceptors (Lipinski definition) is 2. The molecule has 0 spiro atoms. The number of halogens is 1. The molecule has 1 fully saturated rings. The highest BCUT2D eigenvalue weighted by atomic mass is 35.5. The number of nitrogens with one attached hydrogen (secondary N) is 1. The number of carbonyl (C=O) groups is 1. The zero-order valence-corrected chi connectivity index (χ0v) is 12.0. The Balaban J connectivity index is 1.70. The van der Waals surface area contributed by atoms with Crippen molar-refractivity contribution >= 4 is 17.5 Å². The van der Waals surface area contributed by atoms with Crippen LogP contribution in [0.3, 0.4) is 0 Å². The Morgan fingerprint density at radius 1 is 1.53 bits per heavy atom. The lowest BCUT2D eigenvalue weighted by Crippen LogP contribution is -2.26. The fraction of sp³-hybridized carbons (Fsp3) is 0.533. The molecule has 1 aliphatic rings. The van der Waals surface area contributed by atoms with Crippen LogP contribution in [0.25, 0.3) is 0 Å². The van der Waals surface area contributed by atoms with E-state index < -0.39 is 0 Å². The quantitative estimate of drug-likeness (QED) is 0.780. The van der Waals surface area contributed by atoms with Crippen LogP contribution in [0.2, 0.25) is 5.02 Å². The van der Waals surface area contributed by atoms with Crippen LogP contribution >= 0.6 is 11.6 Å². The molecule has 1 N–H and O–H groups in total. The van der Waals surface area contributed by atoms with Gasteiger partial charge in [-0.05, 0) is 37.5 Å². The molecule has 4 heteroatoms. The molecule has 0 radical (unpaired) electrons. The van der Waals surface area contributed by atoms with Gasteiger partial charge in [0, 0.05) is 36.6 Å². The molecule has 1 aromatic carbocycles. The third-order valence-electron chi connectivity index (χ3n) is 3.31. The van der Waals surface area contributed by atoms with E-state index in [-0.39, 0.29) is 11.9 Å². The summed E-state index contributed by atoms with van der Waals surface area (Å²) in [6.07, 6.45) is 2.34. The third-order valence-corrected chi connectivity index (χ3v) is 3.55. The Morgan fingerprint density at radius 3 is 3.11 bits per heavy atom. The molecule has 0 heterocycles. The van der Waals surface area contributed by atoms with E-state index in [2.05, 4.69) is 11.4 Å². The van der Waals surface area contributed by atoms with E-state index in [0.29, 0.717) is 25.6 Å². The standard InChI is InChI=1S/C15H20ClNO2/c1-2-19-8-4-7-15(18)17-14-10-13(14)11-5-3-6-12(16)9-11/h3,5-6,9,13-14H,2,4,7-8,10H2,1H3,(H,17,18). The summed E-state index contributed by atoms with van der Waals surface area (Å²) in [6, 6.07) is 8.15. The molecular weight excluding hydrogens is 262 g/mol. The Labute approximate surface area is 119 Å². The van der Waals surface area contributed by atoms with Crippen molar-refractivity contribution in [3.05, 3.63) is 34.9 Å². The number of ether oxygens (including phenoxy) is 1. The van der Waals surface area contributed by atoms with Crippen LogP contribution in [0.1, 0.15) is 37.7 Å². The van der Waals surface area contributed by atoms with Crippen molar-refractivity contribution in [2.75, 3.05) is 13.2 Å². The lowest BCUT2D eigenvalue weighted by Gasteiger charge is -2.05. The van der Waals surface area contributed by atoms with Crippen molar-refractivity contribution in [1.82, 2.24) is 5.32 Å². The molecule has 0 aliphatic heterocycles. The van der Waals surface area contributed by atoms with E-state index in [1.807, 2.05) is 25.1 Å². The summed E-state index contributed by atoms with van der Waals surface area (Å²) >= 11 is 5.97. The Kier molecular flexibility index (Phi) is 5.23. The second-order valence-corrected chi connectivity index (χ2v) is 5.31. The molecule has 19 heavy (non-hydrogen) atoms. The van der Waals surface area contributed by atoms with Gasteiger partial charge in [0.25, 0.3) is 0 Å². The molecule has 2 atom stereocenters. The van der Waals surface area contributed by atoms with Gasteiger partial charge in [-0.2, -0.15) is 0 Å². The number of rotatable bonds is 7. The van der Waals surface area contributed by atoms with Gasteiger partial charge in [-0.25, -0.2) is 0 Å². The highest BCUT2D eigenvalue weighted by Crippen LogP contribution is 2.41. The zero-order valence-electron chi connectivity index (χ0n) is 11.2. The number of benzene rings is 1. The fourth-order valence-electron chi connectivity index (χ4n) is 2.22. The molecule has 0 bridgehead atoms. The van der Waals surface area contributed by atoms with E-state index in [9.17, 15) is 4.79 Å². The van der Waals surface area contributed by atoms with Crippen molar-refractivity contribution in [2.45, 2.75) is 38.1 Å². The van der Waals surface area contributed by atoms with Crippen molar-refractivity contribution in [1.29, 1.82) is 0 Å². The normalized spacial score (nSPS) is 21.2. The van der Waals surface area contributed by atoms with Gasteiger partial charge in [0.15, 0.2) is 0 Å². The van der Waals surface area contributed by atoms with E-state index >= 15 is 0 Å². The minimum Gasteiger partial charge on any atom is -0.382 e. The minimum absolute atomic E-state index is 0.120. The van der Waals surface area contributed by atoms with Gasteiger partial charge in [0.1, 0.15) is 0 Å². The first-order valence-electron chi connectivity index (χ1n) is 6.83. The molecule has 2 rings (SSSR count). The van der Waals surface area contributed by atoms with Crippen molar-refractivity contribution in [2.24, 2.45) is 0 Å². The Bertz CT molecular complexity index is 436. The first-order chi connectivity index (χ1) is 9.20. The van der Waals surface area contributed by atoms with Gasteiger partial charge in [0.05, 0.1) is 0 Å². The van der Waals surface area contributed by atoms with E-state index in [1.165, 1.54) is 5.56 Å². The highest BCUT2D eigenvalue weighted by Gasteiger charge is 2.39. The van der Waals surface area contributed by atoms with Crippen molar-refractivity contribution in [3.63, 3.8) is 0 Å². The monoisotopic (exact) mass is 281 g/mol. The average Bonchev–Trinajstić information content (AvgIpc) is 3.14. The minimum atomic E-state index is 0.120. The van der Waals surface area contributed by atoms with Crippen molar-refractivity contribution in [3.8, 4) is 0 Å². The number of carbonyl (C=O) groups excluding carboxylic acids is 1. The second kappa shape index (κ2) is 6.92. The van der Waals surface area contributed by atoms with Gasteiger partial charge < -0.3 is 10.1 Å². The lowest BCUT2D eigenvalue weighted by molar-refractivity contribution is -0.121. The highest BCUT2D eigenvalue weighted by molar-refractivity contribution is 6.30. The lowest BCUT2D eigenvalue weighted by atomic mass is 10.1.